The maximum Gasteiger partial charge on any atom is 0.222 e. The Hall–Kier alpha value is -0.530. The van der Waals surface area contributed by atoms with E-state index in [9.17, 15) is 4.79 Å². The van der Waals surface area contributed by atoms with Crippen molar-refractivity contribution in [2.45, 2.75) is 39.0 Å². The van der Waals surface area contributed by atoms with E-state index >= 15 is 0 Å². The number of carbonyl (C=O) groups excluding carboxylic acids is 1. The van der Waals surface area contributed by atoms with Crippen molar-refractivity contribution in [3.05, 3.63) is 0 Å². The zero-order chi connectivity index (χ0) is 8.97. The van der Waals surface area contributed by atoms with Crippen LogP contribution in [0.4, 0.5) is 0 Å². The van der Waals surface area contributed by atoms with Crippen molar-refractivity contribution in [2.24, 2.45) is 11.8 Å². The molecule has 0 aromatic carbocycles. The van der Waals surface area contributed by atoms with E-state index in [2.05, 4.69) is 12.2 Å². The van der Waals surface area contributed by atoms with Crippen LogP contribution in [-0.2, 0) is 4.79 Å². The van der Waals surface area contributed by atoms with Gasteiger partial charge in [-0.1, -0.05) is 26.2 Å². The van der Waals surface area contributed by atoms with Gasteiger partial charge in [0.1, 0.15) is 0 Å². The topological polar surface area (TPSA) is 29.1 Å². The molecule has 1 N–H and O–H groups in total. The van der Waals surface area contributed by atoms with Gasteiger partial charge in [-0.05, 0) is 18.8 Å². The molecule has 0 aromatic heterocycles. The minimum Gasteiger partial charge on any atom is -0.359 e. The van der Waals surface area contributed by atoms with Crippen molar-refractivity contribution in [1.29, 1.82) is 0 Å². The third-order valence-corrected chi connectivity index (χ3v) is 3.02. The predicted molar refractivity (Wildman–Crippen MR) is 49.8 cm³/mol. The second-order valence-corrected chi connectivity index (χ2v) is 3.80. The first-order valence-electron chi connectivity index (χ1n) is 4.97. The highest BCUT2D eigenvalue weighted by molar-refractivity contribution is 5.78. The molecule has 1 aliphatic rings. The summed E-state index contributed by atoms with van der Waals surface area (Å²) in [6, 6.07) is 0. The Labute approximate surface area is 74.7 Å². The quantitative estimate of drug-likeness (QED) is 0.672. The molecule has 2 nitrogen and oxygen atoms in total. The number of nitrogens with one attached hydrogen (secondary N) is 1. The summed E-state index contributed by atoms with van der Waals surface area (Å²) in [5.74, 6) is 1.07. The van der Waals surface area contributed by atoms with Gasteiger partial charge in [0, 0.05) is 13.0 Å². The van der Waals surface area contributed by atoms with Crippen molar-refractivity contribution in [3.63, 3.8) is 0 Å². The molecule has 0 heterocycles. The van der Waals surface area contributed by atoms with Crippen molar-refractivity contribution in [1.82, 2.24) is 5.32 Å². The summed E-state index contributed by atoms with van der Waals surface area (Å²) in [5, 5.41) is 2.72. The van der Waals surface area contributed by atoms with Crippen LogP contribution in [0.3, 0.4) is 0 Å². The normalized spacial score (nSPS) is 21.8. The van der Waals surface area contributed by atoms with Crippen LogP contribution in [0.1, 0.15) is 39.0 Å². The van der Waals surface area contributed by atoms with E-state index in [0.717, 1.165) is 0 Å². The molecular weight excluding hydrogens is 150 g/mol. The Morgan fingerprint density at radius 3 is 2.42 bits per heavy atom. The zero-order valence-electron chi connectivity index (χ0n) is 8.10. The highest BCUT2D eigenvalue weighted by atomic mass is 16.1. The third kappa shape index (κ3) is 2.23. The second kappa shape index (κ2) is 4.48. The molecule has 70 valence electrons. The summed E-state index contributed by atoms with van der Waals surface area (Å²) in [5.41, 5.74) is 0. The largest absolute Gasteiger partial charge is 0.359 e. The zero-order valence-corrected chi connectivity index (χ0v) is 8.10. The molecule has 1 saturated carbocycles. The van der Waals surface area contributed by atoms with Crippen molar-refractivity contribution >= 4 is 5.91 Å². The van der Waals surface area contributed by atoms with Crippen LogP contribution in [0.25, 0.3) is 0 Å². The van der Waals surface area contributed by atoms with Gasteiger partial charge in [-0.3, -0.25) is 4.79 Å². The van der Waals surface area contributed by atoms with Crippen LogP contribution in [0, 0.1) is 11.8 Å². The molecule has 1 rings (SSSR count). The lowest BCUT2D eigenvalue weighted by Crippen LogP contribution is -2.31. The van der Waals surface area contributed by atoms with Crippen molar-refractivity contribution < 1.29 is 4.79 Å². The Bertz CT molecular complexity index is 150. The highest BCUT2D eigenvalue weighted by Crippen LogP contribution is 2.29. The van der Waals surface area contributed by atoms with Gasteiger partial charge in [0.05, 0.1) is 0 Å². The molecule has 1 unspecified atom stereocenters. The first kappa shape index (κ1) is 9.56. The fraction of sp³-hybridized carbons (Fsp3) is 0.900. The van der Waals surface area contributed by atoms with Crippen molar-refractivity contribution in [3.8, 4) is 0 Å². The van der Waals surface area contributed by atoms with Gasteiger partial charge < -0.3 is 5.32 Å². The van der Waals surface area contributed by atoms with E-state index in [1.165, 1.54) is 32.1 Å². The van der Waals surface area contributed by atoms with Gasteiger partial charge in [0.15, 0.2) is 0 Å². The molecule has 0 radical (unpaired) electrons. The Kier molecular flexibility index (Phi) is 3.57. The molecule has 1 amide bonds. The standard InChI is InChI=1S/C10H19NO/c1-8(10(12)11-2)9-6-4-3-5-7-9/h8-9H,3-7H2,1-2H3,(H,11,12). The summed E-state index contributed by atoms with van der Waals surface area (Å²) in [6.07, 6.45) is 6.47. The first-order valence-corrected chi connectivity index (χ1v) is 4.97. The molecular formula is C10H19NO. The van der Waals surface area contributed by atoms with E-state index in [1.807, 2.05) is 0 Å². The number of rotatable bonds is 2. The molecule has 0 spiro atoms. The smallest absolute Gasteiger partial charge is 0.222 e. The minimum atomic E-state index is 0.210. The summed E-state index contributed by atoms with van der Waals surface area (Å²) in [4.78, 5) is 11.3. The van der Waals surface area contributed by atoms with E-state index in [-0.39, 0.29) is 11.8 Å². The van der Waals surface area contributed by atoms with E-state index in [4.69, 9.17) is 0 Å². The Balaban J connectivity index is 2.39. The summed E-state index contributed by atoms with van der Waals surface area (Å²) in [7, 11) is 1.72. The maximum atomic E-state index is 11.3. The summed E-state index contributed by atoms with van der Waals surface area (Å²) < 4.78 is 0. The van der Waals surface area contributed by atoms with Gasteiger partial charge in [0.25, 0.3) is 0 Å². The molecule has 0 aliphatic heterocycles. The summed E-state index contributed by atoms with van der Waals surface area (Å²) in [6.45, 7) is 2.05. The lowest BCUT2D eigenvalue weighted by molar-refractivity contribution is -0.125. The number of amides is 1. The van der Waals surface area contributed by atoms with E-state index in [1.54, 1.807) is 7.05 Å². The van der Waals surface area contributed by atoms with Gasteiger partial charge in [-0.2, -0.15) is 0 Å². The van der Waals surface area contributed by atoms with Crippen LogP contribution in [0.15, 0.2) is 0 Å². The monoisotopic (exact) mass is 169 g/mol. The van der Waals surface area contributed by atoms with Gasteiger partial charge >= 0.3 is 0 Å². The Morgan fingerprint density at radius 1 is 1.33 bits per heavy atom. The second-order valence-electron chi connectivity index (χ2n) is 3.80. The van der Waals surface area contributed by atoms with Gasteiger partial charge in [0.2, 0.25) is 5.91 Å². The van der Waals surface area contributed by atoms with Gasteiger partial charge in [-0.25, -0.2) is 0 Å². The van der Waals surface area contributed by atoms with E-state index < -0.39 is 0 Å². The number of hydrogen-bond donors (Lipinski definition) is 1. The fourth-order valence-electron chi connectivity index (χ4n) is 2.08. The van der Waals surface area contributed by atoms with Crippen LogP contribution >= 0.6 is 0 Å². The third-order valence-electron chi connectivity index (χ3n) is 3.02. The first-order chi connectivity index (χ1) is 5.75. The highest BCUT2D eigenvalue weighted by Gasteiger charge is 2.24. The molecule has 1 atom stereocenters. The fourth-order valence-corrected chi connectivity index (χ4v) is 2.08. The van der Waals surface area contributed by atoms with Crippen molar-refractivity contribution in [2.75, 3.05) is 7.05 Å². The average Bonchev–Trinajstić information content (AvgIpc) is 2.17. The van der Waals surface area contributed by atoms with E-state index in [0.29, 0.717) is 5.92 Å². The minimum absolute atomic E-state index is 0.210. The van der Waals surface area contributed by atoms with Crippen LogP contribution < -0.4 is 5.32 Å². The average molecular weight is 169 g/mol. The molecule has 12 heavy (non-hydrogen) atoms. The molecule has 1 fully saturated rings. The lowest BCUT2D eigenvalue weighted by Gasteiger charge is -2.26. The maximum absolute atomic E-state index is 11.3. The van der Waals surface area contributed by atoms with Crippen LogP contribution in [-0.4, -0.2) is 13.0 Å². The molecule has 2 heteroatoms. The van der Waals surface area contributed by atoms with Crippen LogP contribution in [0.2, 0.25) is 0 Å². The number of hydrogen-bond acceptors (Lipinski definition) is 1. The SMILES string of the molecule is CNC(=O)C(C)C1CCCCC1. The molecule has 0 bridgehead atoms. The predicted octanol–water partition coefficient (Wildman–Crippen LogP) is 1.95. The molecule has 0 aromatic rings. The Morgan fingerprint density at radius 2 is 1.92 bits per heavy atom. The number of carbonyl (C=O) groups is 1. The molecule has 0 saturated heterocycles. The van der Waals surface area contributed by atoms with Gasteiger partial charge in [-0.15, -0.1) is 0 Å². The summed E-state index contributed by atoms with van der Waals surface area (Å²) >= 11 is 0. The molecule has 1 aliphatic carbocycles. The van der Waals surface area contributed by atoms with Crippen LogP contribution in [0.5, 0.6) is 0 Å². The lowest BCUT2D eigenvalue weighted by atomic mass is 9.80.